The van der Waals surface area contributed by atoms with Crippen molar-refractivity contribution in [3.8, 4) is 0 Å². The van der Waals surface area contributed by atoms with E-state index in [1.54, 1.807) is 0 Å². The standard InChI is InChI=1S/C15H21NO3/c1-2-12-7-9-13(10-8-12)15(19)16-11-5-3-4-6-14(17)18/h7-10H,2-6,11H2,1H3,(H,16,19)(H,17,18). The molecule has 4 heteroatoms. The van der Waals surface area contributed by atoms with E-state index in [1.165, 1.54) is 5.56 Å². The summed E-state index contributed by atoms with van der Waals surface area (Å²) in [4.78, 5) is 22.1. The van der Waals surface area contributed by atoms with Crippen LogP contribution < -0.4 is 5.32 Å². The number of carboxylic acid groups (broad SMARTS) is 1. The lowest BCUT2D eigenvalue weighted by Gasteiger charge is -2.05. The SMILES string of the molecule is CCc1ccc(C(=O)NCCCCCC(=O)O)cc1. The molecule has 0 aliphatic carbocycles. The van der Waals surface area contributed by atoms with Gasteiger partial charge in [-0.2, -0.15) is 0 Å². The number of aryl methyl sites for hydroxylation is 1. The largest absolute Gasteiger partial charge is 0.481 e. The highest BCUT2D eigenvalue weighted by molar-refractivity contribution is 5.94. The summed E-state index contributed by atoms with van der Waals surface area (Å²) >= 11 is 0. The van der Waals surface area contributed by atoms with Gasteiger partial charge >= 0.3 is 5.97 Å². The van der Waals surface area contributed by atoms with Gasteiger partial charge in [-0.3, -0.25) is 9.59 Å². The van der Waals surface area contributed by atoms with E-state index in [9.17, 15) is 9.59 Å². The van der Waals surface area contributed by atoms with E-state index in [0.29, 0.717) is 18.5 Å². The van der Waals surface area contributed by atoms with Crippen LogP contribution in [0.4, 0.5) is 0 Å². The first kappa shape index (κ1) is 15.2. The van der Waals surface area contributed by atoms with E-state index in [-0.39, 0.29) is 12.3 Å². The molecule has 4 nitrogen and oxygen atoms in total. The van der Waals surface area contributed by atoms with E-state index in [1.807, 2.05) is 24.3 Å². The molecule has 1 rings (SSSR count). The summed E-state index contributed by atoms with van der Waals surface area (Å²) in [7, 11) is 0. The molecule has 0 heterocycles. The number of nitrogens with one attached hydrogen (secondary N) is 1. The number of rotatable bonds is 8. The summed E-state index contributed by atoms with van der Waals surface area (Å²) in [6.07, 6.45) is 3.46. The maximum atomic E-state index is 11.8. The van der Waals surface area contributed by atoms with Gasteiger partial charge in [-0.1, -0.05) is 25.5 Å². The highest BCUT2D eigenvalue weighted by Gasteiger charge is 2.04. The summed E-state index contributed by atoms with van der Waals surface area (Å²) in [6.45, 7) is 2.67. The fourth-order valence-electron chi connectivity index (χ4n) is 1.77. The molecule has 0 aromatic heterocycles. The van der Waals surface area contributed by atoms with Crippen LogP contribution in [0.5, 0.6) is 0 Å². The molecule has 0 saturated heterocycles. The van der Waals surface area contributed by atoms with Crippen LogP contribution in [0.15, 0.2) is 24.3 Å². The van der Waals surface area contributed by atoms with Gasteiger partial charge in [-0.15, -0.1) is 0 Å². The first-order valence-electron chi connectivity index (χ1n) is 6.72. The Hall–Kier alpha value is -1.84. The Kier molecular flexibility index (Phi) is 6.64. The van der Waals surface area contributed by atoms with Crippen LogP contribution in [-0.4, -0.2) is 23.5 Å². The molecule has 104 valence electrons. The van der Waals surface area contributed by atoms with E-state index >= 15 is 0 Å². The van der Waals surface area contributed by atoms with Crippen molar-refractivity contribution in [2.75, 3.05) is 6.54 Å². The lowest BCUT2D eigenvalue weighted by atomic mass is 10.1. The van der Waals surface area contributed by atoms with Gasteiger partial charge in [0, 0.05) is 18.5 Å². The Morgan fingerprint density at radius 1 is 1.11 bits per heavy atom. The minimum Gasteiger partial charge on any atom is -0.481 e. The third-order valence-corrected chi connectivity index (χ3v) is 2.98. The number of carboxylic acids is 1. The number of unbranched alkanes of at least 4 members (excludes halogenated alkanes) is 2. The minimum absolute atomic E-state index is 0.0686. The molecule has 0 spiro atoms. The Balaban J connectivity index is 2.21. The Labute approximate surface area is 113 Å². The van der Waals surface area contributed by atoms with Gasteiger partial charge in [-0.05, 0) is 37.0 Å². The van der Waals surface area contributed by atoms with Crippen LogP contribution in [0.2, 0.25) is 0 Å². The molecule has 1 aromatic carbocycles. The molecule has 19 heavy (non-hydrogen) atoms. The van der Waals surface area contributed by atoms with Gasteiger partial charge in [0.1, 0.15) is 0 Å². The van der Waals surface area contributed by atoms with Crippen molar-refractivity contribution in [2.45, 2.75) is 39.0 Å². The zero-order valence-electron chi connectivity index (χ0n) is 11.3. The molecule has 0 unspecified atom stereocenters. The highest BCUT2D eigenvalue weighted by Crippen LogP contribution is 2.05. The summed E-state index contributed by atoms with van der Waals surface area (Å²) in [5.74, 6) is -0.832. The van der Waals surface area contributed by atoms with Gasteiger partial charge < -0.3 is 10.4 Å². The molecule has 0 fully saturated rings. The van der Waals surface area contributed by atoms with Gasteiger partial charge in [0.15, 0.2) is 0 Å². The van der Waals surface area contributed by atoms with Crippen molar-refractivity contribution in [1.82, 2.24) is 5.32 Å². The number of benzene rings is 1. The lowest BCUT2D eigenvalue weighted by molar-refractivity contribution is -0.137. The molecule has 0 radical (unpaired) electrons. The van der Waals surface area contributed by atoms with Gasteiger partial charge in [0.2, 0.25) is 0 Å². The zero-order valence-corrected chi connectivity index (χ0v) is 11.3. The molecule has 1 aromatic rings. The van der Waals surface area contributed by atoms with Crippen LogP contribution in [-0.2, 0) is 11.2 Å². The smallest absolute Gasteiger partial charge is 0.303 e. The normalized spacial score (nSPS) is 10.2. The number of amides is 1. The van der Waals surface area contributed by atoms with Crippen molar-refractivity contribution in [1.29, 1.82) is 0 Å². The third-order valence-electron chi connectivity index (χ3n) is 2.98. The molecule has 1 amide bonds. The predicted molar refractivity (Wildman–Crippen MR) is 74.3 cm³/mol. The molecular weight excluding hydrogens is 242 g/mol. The maximum Gasteiger partial charge on any atom is 0.303 e. The van der Waals surface area contributed by atoms with Crippen molar-refractivity contribution >= 4 is 11.9 Å². The number of carbonyl (C=O) groups is 2. The average molecular weight is 263 g/mol. The first-order chi connectivity index (χ1) is 9.13. The van der Waals surface area contributed by atoms with Crippen LogP contribution in [0.3, 0.4) is 0 Å². The van der Waals surface area contributed by atoms with E-state index in [0.717, 1.165) is 19.3 Å². The topological polar surface area (TPSA) is 66.4 Å². The van der Waals surface area contributed by atoms with Crippen LogP contribution in [0, 0.1) is 0 Å². The highest BCUT2D eigenvalue weighted by atomic mass is 16.4. The van der Waals surface area contributed by atoms with Crippen LogP contribution in [0.1, 0.15) is 48.5 Å². The van der Waals surface area contributed by atoms with Crippen molar-refractivity contribution < 1.29 is 14.7 Å². The molecule has 0 aliphatic heterocycles. The fourth-order valence-corrected chi connectivity index (χ4v) is 1.77. The van der Waals surface area contributed by atoms with Crippen molar-refractivity contribution in [2.24, 2.45) is 0 Å². The molecule has 2 N–H and O–H groups in total. The molecular formula is C15H21NO3. The average Bonchev–Trinajstić information content (AvgIpc) is 2.42. The quantitative estimate of drug-likeness (QED) is 0.708. The zero-order chi connectivity index (χ0) is 14.1. The second kappa shape index (κ2) is 8.29. The summed E-state index contributed by atoms with van der Waals surface area (Å²) in [5.41, 5.74) is 1.88. The number of hydrogen-bond acceptors (Lipinski definition) is 2. The Morgan fingerprint density at radius 2 is 1.79 bits per heavy atom. The second-order valence-electron chi connectivity index (χ2n) is 4.51. The lowest BCUT2D eigenvalue weighted by Crippen LogP contribution is -2.24. The van der Waals surface area contributed by atoms with Gasteiger partial charge in [0.25, 0.3) is 5.91 Å². The van der Waals surface area contributed by atoms with Crippen LogP contribution >= 0.6 is 0 Å². The summed E-state index contributed by atoms with van der Waals surface area (Å²) in [5, 5.41) is 11.3. The van der Waals surface area contributed by atoms with Crippen LogP contribution in [0.25, 0.3) is 0 Å². The third kappa shape index (κ3) is 6.04. The molecule has 0 atom stereocenters. The Morgan fingerprint density at radius 3 is 2.37 bits per heavy atom. The minimum atomic E-state index is -0.764. The van der Waals surface area contributed by atoms with Gasteiger partial charge in [0.05, 0.1) is 0 Å². The van der Waals surface area contributed by atoms with E-state index < -0.39 is 5.97 Å². The van der Waals surface area contributed by atoms with Crippen molar-refractivity contribution in [3.05, 3.63) is 35.4 Å². The number of carbonyl (C=O) groups excluding carboxylic acids is 1. The van der Waals surface area contributed by atoms with E-state index in [2.05, 4.69) is 12.2 Å². The number of aliphatic carboxylic acids is 1. The maximum absolute atomic E-state index is 11.8. The summed E-state index contributed by atoms with van der Waals surface area (Å²) < 4.78 is 0. The fraction of sp³-hybridized carbons (Fsp3) is 0.467. The van der Waals surface area contributed by atoms with E-state index in [4.69, 9.17) is 5.11 Å². The summed E-state index contributed by atoms with van der Waals surface area (Å²) in [6, 6.07) is 7.58. The first-order valence-corrected chi connectivity index (χ1v) is 6.72. The molecule has 0 aliphatic rings. The second-order valence-corrected chi connectivity index (χ2v) is 4.51. The Bertz CT molecular complexity index is 412. The monoisotopic (exact) mass is 263 g/mol. The molecule has 0 bridgehead atoms. The number of hydrogen-bond donors (Lipinski definition) is 2. The van der Waals surface area contributed by atoms with Gasteiger partial charge in [-0.25, -0.2) is 0 Å². The predicted octanol–water partition coefficient (Wildman–Crippen LogP) is 2.62. The van der Waals surface area contributed by atoms with Crippen molar-refractivity contribution in [3.63, 3.8) is 0 Å². The molecule has 0 saturated carbocycles.